The van der Waals surface area contributed by atoms with Crippen molar-refractivity contribution in [2.45, 2.75) is 46.7 Å². The Kier molecular flexibility index (Phi) is 7.12. The average Bonchev–Trinajstić information content (AvgIpc) is 3.39. The highest BCUT2D eigenvalue weighted by atomic mass is 19.1. The molecule has 3 aromatic rings. The number of hydrogen-bond donors (Lipinski definition) is 1. The van der Waals surface area contributed by atoms with Gasteiger partial charge in [0, 0.05) is 43.5 Å². The van der Waals surface area contributed by atoms with Gasteiger partial charge in [0.15, 0.2) is 11.6 Å². The number of benzene rings is 1. The van der Waals surface area contributed by atoms with Crippen LogP contribution in [0.25, 0.3) is 11.3 Å². The molecule has 10 heteroatoms. The van der Waals surface area contributed by atoms with Gasteiger partial charge in [0.05, 0.1) is 6.54 Å². The molecule has 5 rings (SSSR count). The van der Waals surface area contributed by atoms with Gasteiger partial charge in [-0.25, -0.2) is 14.4 Å². The van der Waals surface area contributed by atoms with Crippen LogP contribution in [-0.4, -0.2) is 62.9 Å². The molecule has 1 aliphatic carbocycles. The lowest BCUT2D eigenvalue weighted by Gasteiger charge is -2.30. The first-order valence-corrected chi connectivity index (χ1v) is 13.4. The van der Waals surface area contributed by atoms with Gasteiger partial charge in [-0.05, 0) is 54.5 Å². The van der Waals surface area contributed by atoms with Gasteiger partial charge in [-0.2, -0.15) is 0 Å². The van der Waals surface area contributed by atoms with Crippen LogP contribution in [0.1, 0.15) is 46.7 Å². The summed E-state index contributed by atoms with van der Waals surface area (Å²) in [7, 11) is 1.63. The minimum atomic E-state index is -0.446. The van der Waals surface area contributed by atoms with E-state index in [9.17, 15) is 9.59 Å². The Bertz CT molecular complexity index is 1510. The molecule has 1 aromatic carbocycles. The fourth-order valence-corrected chi connectivity index (χ4v) is 5.70. The van der Waals surface area contributed by atoms with E-state index in [1.807, 2.05) is 13.0 Å². The van der Waals surface area contributed by atoms with E-state index in [2.05, 4.69) is 35.0 Å². The SMILES string of the molecule is C=CC(=O)N(C)CCOc1c(N)ncnc1-c1cc(F)c(CN2CCn3c(cc4c3CC(C)(C)C4)C2=O)cc1C. The van der Waals surface area contributed by atoms with E-state index in [0.717, 1.165) is 18.4 Å². The monoisotopic (exact) mass is 546 g/mol. The van der Waals surface area contributed by atoms with Crippen LogP contribution in [0, 0.1) is 18.2 Å². The first-order chi connectivity index (χ1) is 19.0. The number of hydrogen-bond acceptors (Lipinski definition) is 6. The Hall–Kier alpha value is -4.21. The van der Waals surface area contributed by atoms with Gasteiger partial charge >= 0.3 is 0 Å². The lowest BCUT2D eigenvalue weighted by molar-refractivity contribution is -0.125. The largest absolute Gasteiger partial charge is 0.486 e. The number of ether oxygens (including phenoxy) is 1. The molecule has 0 radical (unpaired) electrons. The second-order valence-electron chi connectivity index (χ2n) is 11.4. The Morgan fingerprint density at radius 2 is 2.02 bits per heavy atom. The van der Waals surface area contributed by atoms with Gasteiger partial charge < -0.3 is 24.8 Å². The minimum absolute atomic E-state index is 0.0706. The lowest BCUT2D eigenvalue weighted by atomic mass is 9.90. The summed E-state index contributed by atoms with van der Waals surface area (Å²) >= 11 is 0. The van der Waals surface area contributed by atoms with Gasteiger partial charge in [-0.3, -0.25) is 9.59 Å². The van der Waals surface area contributed by atoms with E-state index in [4.69, 9.17) is 10.5 Å². The van der Waals surface area contributed by atoms with Crippen LogP contribution >= 0.6 is 0 Å². The quantitative estimate of drug-likeness (QED) is 0.431. The molecule has 210 valence electrons. The summed E-state index contributed by atoms with van der Waals surface area (Å²) < 4.78 is 23.5. The predicted octanol–water partition coefficient (Wildman–Crippen LogP) is 3.78. The molecule has 0 atom stereocenters. The Labute approximate surface area is 233 Å². The van der Waals surface area contributed by atoms with Gasteiger partial charge in [0.1, 0.15) is 30.1 Å². The average molecular weight is 547 g/mol. The number of fused-ring (bicyclic) bond motifs is 3. The van der Waals surface area contributed by atoms with Crippen LogP contribution in [-0.2, 0) is 30.7 Å². The van der Waals surface area contributed by atoms with Crippen molar-refractivity contribution in [2.75, 3.05) is 32.5 Å². The molecule has 2 aliphatic rings. The lowest BCUT2D eigenvalue weighted by Crippen LogP contribution is -2.40. The number of aryl methyl sites for hydroxylation is 1. The zero-order valence-electron chi connectivity index (χ0n) is 23.5. The summed E-state index contributed by atoms with van der Waals surface area (Å²) in [6.07, 6.45) is 4.46. The predicted molar refractivity (Wildman–Crippen MR) is 150 cm³/mol. The van der Waals surface area contributed by atoms with Crippen LogP contribution in [0.3, 0.4) is 0 Å². The Balaban J connectivity index is 1.35. The molecule has 0 saturated heterocycles. The van der Waals surface area contributed by atoms with Gasteiger partial charge in [0.25, 0.3) is 5.91 Å². The minimum Gasteiger partial charge on any atom is -0.486 e. The summed E-state index contributed by atoms with van der Waals surface area (Å²) in [4.78, 5) is 36.6. The van der Waals surface area contributed by atoms with Crippen molar-refractivity contribution in [1.82, 2.24) is 24.3 Å². The second kappa shape index (κ2) is 10.4. The molecular weight excluding hydrogens is 511 g/mol. The van der Waals surface area contributed by atoms with Crippen LogP contribution < -0.4 is 10.5 Å². The topological polar surface area (TPSA) is 107 Å². The summed E-state index contributed by atoms with van der Waals surface area (Å²) in [5, 5.41) is 0. The Morgan fingerprint density at radius 3 is 2.77 bits per heavy atom. The van der Waals surface area contributed by atoms with Crippen molar-refractivity contribution in [2.24, 2.45) is 5.41 Å². The normalized spacial score (nSPS) is 15.5. The third-order valence-electron chi connectivity index (χ3n) is 7.78. The van der Waals surface area contributed by atoms with Gasteiger partial charge in [-0.1, -0.05) is 26.5 Å². The molecule has 2 amide bonds. The maximum absolute atomic E-state index is 15.5. The number of carbonyl (C=O) groups excluding carboxylic acids is 2. The summed E-state index contributed by atoms with van der Waals surface area (Å²) in [5.74, 6) is -0.413. The van der Waals surface area contributed by atoms with Crippen LogP contribution in [0.4, 0.5) is 10.2 Å². The second-order valence-corrected chi connectivity index (χ2v) is 11.4. The maximum Gasteiger partial charge on any atom is 0.270 e. The van der Waals surface area contributed by atoms with E-state index < -0.39 is 5.82 Å². The zero-order valence-corrected chi connectivity index (χ0v) is 23.5. The van der Waals surface area contributed by atoms with Crippen molar-refractivity contribution in [3.05, 3.63) is 71.1 Å². The molecule has 2 aromatic heterocycles. The molecule has 2 N–H and O–H groups in total. The molecule has 3 heterocycles. The number of amides is 2. The van der Waals surface area contributed by atoms with E-state index in [1.165, 1.54) is 34.6 Å². The number of nitrogen functional groups attached to an aromatic ring is 1. The molecule has 0 bridgehead atoms. The number of rotatable bonds is 8. The number of halogens is 1. The van der Waals surface area contributed by atoms with E-state index in [-0.39, 0.29) is 41.9 Å². The highest BCUT2D eigenvalue weighted by molar-refractivity contribution is 5.94. The first-order valence-electron chi connectivity index (χ1n) is 13.4. The van der Waals surface area contributed by atoms with Crippen molar-refractivity contribution in [1.29, 1.82) is 0 Å². The van der Waals surface area contributed by atoms with Crippen molar-refractivity contribution < 1.29 is 18.7 Å². The van der Waals surface area contributed by atoms with Gasteiger partial charge in [0.2, 0.25) is 5.91 Å². The summed E-state index contributed by atoms with van der Waals surface area (Å²) in [6, 6.07) is 5.17. The molecule has 0 spiro atoms. The van der Waals surface area contributed by atoms with Crippen molar-refractivity contribution in [3.63, 3.8) is 0 Å². The highest BCUT2D eigenvalue weighted by Gasteiger charge is 2.36. The number of anilines is 1. The van der Waals surface area contributed by atoms with Crippen molar-refractivity contribution >= 4 is 17.6 Å². The Morgan fingerprint density at radius 1 is 1.25 bits per heavy atom. The van der Waals surface area contributed by atoms with E-state index in [0.29, 0.717) is 42.1 Å². The number of aromatic nitrogens is 3. The van der Waals surface area contributed by atoms with Gasteiger partial charge in [-0.15, -0.1) is 0 Å². The number of likely N-dealkylation sites (N-methyl/N-ethyl adjacent to an activating group) is 1. The molecular formula is C30H35FN6O3. The fourth-order valence-electron chi connectivity index (χ4n) is 5.70. The number of carbonyl (C=O) groups is 2. The van der Waals surface area contributed by atoms with Crippen LogP contribution in [0.15, 0.2) is 37.2 Å². The zero-order chi connectivity index (χ0) is 28.8. The van der Waals surface area contributed by atoms with E-state index >= 15 is 4.39 Å². The maximum atomic E-state index is 15.5. The van der Waals surface area contributed by atoms with Crippen molar-refractivity contribution in [3.8, 4) is 17.0 Å². The molecule has 0 fully saturated rings. The van der Waals surface area contributed by atoms with Crippen LogP contribution in [0.2, 0.25) is 0 Å². The van der Waals surface area contributed by atoms with Crippen LogP contribution in [0.5, 0.6) is 5.75 Å². The summed E-state index contributed by atoms with van der Waals surface area (Å²) in [6.45, 7) is 11.7. The third kappa shape index (κ3) is 5.05. The third-order valence-corrected chi connectivity index (χ3v) is 7.78. The molecule has 1 aliphatic heterocycles. The summed E-state index contributed by atoms with van der Waals surface area (Å²) in [5.41, 5.74) is 11.6. The molecule has 0 saturated carbocycles. The molecule has 9 nitrogen and oxygen atoms in total. The highest BCUT2D eigenvalue weighted by Crippen LogP contribution is 2.39. The fraction of sp³-hybridized carbons (Fsp3) is 0.400. The smallest absolute Gasteiger partial charge is 0.270 e. The number of nitrogens with two attached hydrogens (primary N) is 1. The molecule has 0 unspecified atom stereocenters. The molecule has 40 heavy (non-hydrogen) atoms. The first kappa shape index (κ1) is 27.4. The number of nitrogens with zero attached hydrogens (tertiary/aromatic N) is 5. The standard InChI is InChI=1S/C30H35FN6O3/c1-6-25(38)35(5)9-10-40-27-26(33-17-34-28(27)32)21-13-22(31)20(11-18(21)2)16-36-7-8-37-23(29(36)39)12-19-14-30(3,4)15-24(19)37/h6,11-13,17H,1,7-10,14-16H2,2-5H3,(H2,32,33,34). The van der Waals surface area contributed by atoms with E-state index in [1.54, 1.807) is 18.0 Å².